The first-order valence-electron chi connectivity index (χ1n) is 7.24. The summed E-state index contributed by atoms with van der Waals surface area (Å²) in [4.78, 5) is 14.5. The lowest BCUT2D eigenvalue weighted by atomic mass is 10.0. The van der Waals surface area contributed by atoms with E-state index in [0.717, 1.165) is 24.1 Å². The topological polar surface area (TPSA) is 50.8 Å². The van der Waals surface area contributed by atoms with E-state index in [4.69, 9.17) is 9.47 Å². The molecule has 0 aromatic heterocycles. The van der Waals surface area contributed by atoms with E-state index in [-0.39, 0.29) is 5.91 Å². The molecule has 5 heteroatoms. The van der Waals surface area contributed by atoms with Crippen molar-refractivity contribution in [1.29, 1.82) is 0 Å². The molecule has 1 N–H and O–H groups in total. The number of benzene rings is 1. The minimum atomic E-state index is 0.0378. The molecule has 0 heterocycles. The lowest BCUT2D eigenvalue weighted by molar-refractivity contribution is 0.0626. The SMILES string of the molecule is CNCCc1ccccc1C(=O)N(CCOC)CCOC. The van der Waals surface area contributed by atoms with Crippen LogP contribution in [0.5, 0.6) is 0 Å². The van der Waals surface area contributed by atoms with Gasteiger partial charge in [-0.05, 0) is 31.6 Å². The Bertz CT molecular complexity index is 416. The summed E-state index contributed by atoms with van der Waals surface area (Å²) in [6.45, 7) is 3.03. The van der Waals surface area contributed by atoms with Crippen LogP contribution in [0.2, 0.25) is 0 Å². The Balaban J connectivity index is 2.85. The van der Waals surface area contributed by atoms with Crippen molar-refractivity contribution < 1.29 is 14.3 Å². The average molecular weight is 294 g/mol. The lowest BCUT2D eigenvalue weighted by Gasteiger charge is -2.23. The van der Waals surface area contributed by atoms with Gasteiger partial charge < -0.3 is 19.7 Å². The van der Waals surface area contributed by atoms with Crippen molar-refractivity contribution in [2.24, 2.45) is 0 Å². The van der Waals surface area contributed by atoms with Crippen LogP contribution < -0.4 is 5.32 Å². The van der Waals surface area contributed by atoms with Gasteiger partial charge in [0.25, 0.3) is 5.91 Å². The molecule has 1 amide bonds. The minimum absolute atomic E-state index is 0.0378. The second-order valence-corrected chi connectivity index (χ2v) is 4.79. The van der Waals surface area contributed by atoms with Gasteiger partial charge in [-0.1, -0.05) is 18.2 Å². The van der Waals surface area contributed by atoms with E-state index >= 15 is 0 Å². The van der Waals surface area contributed by atoms with Crippen molar-refractivity contribution >= 4 is 5.91 Å². The molecule has 0 aliphatic rings. The van der Waals surface area contributed by atoms with Crippen molar-refractivity contribution in [3.8, 4) is 0 Å². The number of methoxy groups -OCH3 is 2. The Morgan fingerprint density at radius 3 is 2.33 bits per heavy atom. The second kappa shape index (κ2) is 10.3. The van der Waals surface area contributed by atoms with Gasteiger partial charge in [0, 0.05) is 32.9 Å². The number of hydrogen-bond donors (Lipinski definition) is 1. The molecule has 1 aromatic carbocycles. The Kier molecular flexibility index (Phi) is 8.66. The molecule has 21 heavy (non-hydrogen) atoms. The van der Waals surface area contributed by atoms with Gasteiger partial charge in [-0.2, -0.15) is 0 Å². The highest BCUT2D eigenvalue weighted by molar-refractivity contribution is 5.95. The van der Waals surface area contributed by atoms with Gasteiger partial charge in [0.2, 0.25) is 0 Å². The summed E-state index contributed by atoms with van der Waals surface area (Å²) < 4.78 is 10.2. The molecule has 0 spiro atoms. The van der Waals surface area contributed by atoms with Crippen LogP contribution in [0.15, 0.2) is 24.3 Å². The zero-order chi connectivity index (χ0) is 15.5. The molecule has 0 radical (unpaired) electrons. The molecule has 0 atom stereocenters. The maximum absolute atomic E-state index is 12.7. The smallest absolute Gasteiger partial charge is 0.254 e. The highest BCUT2D eigenvalue weighted by Gasteiger charge is 2.18. The fourth-order valence-electron chi connectivity index (χ4n) is 2.09. The predicted molar refractivity (Wildman–Crippen MR) is 83.7 cm³/mol. The maximum atomic E-state index is 12.7. The van der Waals surface area contributed by atoms with Gasteiger partial charge in [-0.25, -0.2) is 0 Å². The molecule has 0 aliphatic carbocycles. The van der Waals surface area contributed by atoms with E-state index in [0.29, 0.717) is 26.3 Å². The van der Waals surface area contributed by atoms with Crippen molar-refractivity contribution in [2.45, 2.75) is 6.42 Å². The molecule has 1 rings (SSSR count). The number of nitrogens with zero attached hydrogens (tertiary/aromatic N) is 1. The third-order valence-corrected chi connectivity index (χ3v) is 3.31. The first kappa shape index (κ1) is 17.6. The summed E-state index contributed by atoms with van der Waals surface area (Å²) in [6, 6.07) is 7.77. The summed E-state index contributed by atoms with van der Waals surface area (Å²) in [5.41, 5.74) is 1.83. The molecule has 0 saturated heterocycles. The van der Waals surface area contributed by atoms with Crippen LogP contribution in [0, 0.1) is 0 Å². The van der Waals surface area contributed by atoms with Crippen LogP contribution in [-0.4, -0.2) is 64.9 Å². The summed E-state index contributed by atoms with van der Waals surface area (Å²) in [5, 5.41) is 3.12. The molecular formula is C16H26N2O3. The molecule has 0 aliphatic heterocycles. The molecule has 118 valence electrons. The first-order valence-corrected chi connectivity index (χ1v) is 7.24. The summed E-state index contributed by atoms with van der Waals surface area (Å²) in [7, 11) is 5.19. The fourth-order valence-corrected chi connectivity index (χ4v) is 2.09. The number of likely N-dealkylation sites (N-methyl/N-ethyl adjacent to an activating group) is 1. The first-order chi connectivity index (χ1) is 10.2. The van der Waals surface area contributed by atoms with E-state index in [1.54, 1.807) is 19.1 Å². The Hall–Kier alpha value is -1.43. The third-order valence-electron chi connectivity index (χ3n) is 3.31. The van der Waals surface area contributed by atoms with Gasteiger partial charge in [-0.3, -0.25) is 4.79 Å². The van der Waals surface area contributed by atoms with Crippen LogP contribution in [0.25, 0.3) is 0 Å². The van der Waals surface area contributed by atoms with Crippen LogP contribution in [0.3, 0.4) is 0 Å². The number of hydrogen-bond acceptors (Lipinski definition) is 4. The largest absolute Gasteiger partial charge is 0.383 e. The average Bonchev–Trinajstić information content (AvgIpc) is 2.52. The predicted octanol–water partition coefficient (Wildman–Crippen LogP) is 1.18. The fraction of sp³-hybridized carbons (Fsp3) is 0.562. The second-order valence-electron chi connectivity index (χ2n) is 4.79. The van der Waals surface area contributed by atoms with Crippen molar-refractivity contribution in [3.05, 3.63) is 35.4 Å². The normalized spacial score (nSPS) is 10.6. The van der Waals surface area contributed by atoms with E-state index in [1.807, 2.05) is 31.3 Å². The summed E-state index contributed by atoms with van der Waals surface area (Å²) in [6.07, 6.45) is 0.834. The molecular weight excluding hydrogens is 268 g/mol. The Morgan fingerprint density at radius 1 is 1.14 bits per heavy atom. The number of carbonyl (C=O) groups excluding carboxylic acids is 1. The lowest BCUT2D eigenvalue weighted by Crippen LogP contribution is -2.37. The standard InChI is InChI=1S/C16H26N2O3/c1-17-9-8-14-6-4-5-7-15(14)16(19)18(10-12-20-2)11-13-21-3/h4-7,17H,8-13H2,1-3H3. The molecule has 5 nitrogen and oxygen atoms in total. The van der Waals surface area contributed by atoms with Crippen LogP contribution in [0.1, 0.15) is 15.9 Å². The van der Waals surface area contributed by atoms with Crippen molar-refractivity contribution in [3.63, 3.8) is 0 Å². The third kappa shape index (κ3) is 5.83. The van der Waals surface area contributed by atoms with Gasteiger partial charge in [0.15, 0.2) is 0 Å². The van der Waals surface area contributed by atoms with E-state index in [9.17, 15) is 4.79 Å². The number of carbonyl (C=O) groups is 1. The zero-order valence-corrected chi connectivity index (χ0v) is 13.2. The Labute approximate surface area is 127 Å². The van der Waals surface area contributed by atoms with Crippen LogP contribution in [-0.2, 0) is 15.9 Å². The van der Waals surface area contributed by atoms with Gasteiger partial charge >= 0.3 is 0 Å². The van der Waals surface area contributed by atoms with Crippen molar-refractivity contribution in [1.82, 2.24) is 10.2 Å². The van der Waals surface area contributed by atoms with E-state index < -0.39 is 0 Å². The number of nitrogens with one attached hydrogen (secondary N) is 1. The van der Waals surface area contributed by atoms with Gasteiger partial charge in [0.05, 0.1) is 13.2 Å². The number of amides is 1. The van der Waals surface area contributed by atoms with E-state index in [2.05, 4.69) is 5.32 Å². The van der Waals surface area contributed by atoms with Crippen LogP contribution in [0.4, 0.5) is 0 Å². The molecule has 0 fully saturated rings. The van der Waals surface area contributed by atoms with Crippen molar-refractivity contribution in [2.75, 3.05) is 54.1 Å². The number of rotatable bonds is 10. The zero-order valence-electron chi connectivity index (χ0n) is 13.2. The highest BCUT2D eigenvalue weighted by Crippen LogP contribution is 2.12. The van der Waals surface area contributed by atoms with Gasteiger partial charge in [-0.15, -0.1) is 0 Å². The minimum Gasteiger partial charge on any atom is -0.383 e. The van der Waals surface area contributed by atoms with Crippen LogP contribution >= 0.6 is 0 Å². The number of ether oxygens (including phenoxy) is 2. The summed E-state index contributed by atoms with van der Waals surface area (Å²) >= 11 is 0. The quantitative estimate of drug-likeness (QED) is 0.704. The highest BCUT2D eigenvalue weighted by atomic mass is 16.5. The Morgan fingerprint density at radius 2 is 1.76 bits per heavy atom. The molecule has 1 aromatic rings. The molecule has 0 bridgehead atoms. The summed E-state index contributed by atoms with van der Waals surface area (Å²) in [5.74, 6) is 0.0378. The monoisotopic (exact) mass is 294 g/mol. The molecule has 0 saturated carbocycles. The molecule has 0 unspecified atom stereocenters. The van der Waals surface area contributed by atoms with E-state index in [1.165, 1.54) is 0 Å². The van der Waals surface area contributed by atoms with Gasteiger partial charge in [0.1, 0.15) is 0 Å². The maximum Gasteiger partial charge on any atom is 0.254 e.